The maximum atomic E-state index is 13.1. The van der Waals surface area contributed by atoms with Crippen molar-refractivity contribution in [1.29, 1.82) is 0 Å². The predicted molar refractivity (Wildman–Crippen MR) is 108 cm³/mol. The second-order valence-electron chi connectivity index (χ2n) is 6.57. The lowest BCUT2D eigenvalue weighted by Gasteiger charge is -2.12. The van der Waals surface area contributed by atoms with Gasteiger partial charge >= 0.3 is 5.97 Å². The molecule has 9 heteroatoms. The molecule has 31 heavy (non-hydrogen) atoms. The van der Waals surface area contributed by atoms with Crippen LogP contribution in [0.25, 0.3) is 22.3 Å². The van der Waals surface area contributed by atoms with Gasteiger partial charge in [-0.2, -0.15) is 0 Å². The summed E-state index contributed by atoms with van der Waals surface area (Å²) in [5.74, 6) is -3.81. The van der Waals surface area contributed by atoms with Crippen molar-refractivity contribution in [2.24, 2.45) is 0 Å². The van der Waals surface area contributed by atoms with E-state index in [1.807, 2.05) is 0 Å². The van der Waals surface area contributed by atoms with E-state index in [-0.39, 0.29) is 39.4 Å². The highest BCUT2D eigenvalue weighted by Crippen LogP contribution is 2.38. The Kier molecular flexibility index (Phi) is 4.63. The Morgan fingerprint density at radius 1 is 0.774 bits per heavy atom. The molecule has 0 saturated heterocycles. The van der Waals surface area contributed by atoms with E-state index >= 15 is 0 Å². The fourth-order valence-corrected chi connectivity index (χ4v) is 2.96. The zero-order valence-electron chi connectivity index (χ0n) is 15.6. The summed E-state index contributed by atoms with van der Waals surface area (Å²) in [5, 5.41) is 48.3. The van der Waals surface area contributed by atoms with E-state index in [4.69, 9.17) is 9.15 Å². The molecule has 4 aromatic rings. The highest BCUT2D eigenvalue weighted by molar-refractivity contribution is 5.94. The molecule has 0 fully saturated rings. The van der Waals surface area contributed by atoms with Gasteiger partial charge in [-0.15, -0.1) is 0 Å². The summed E-state index contributed by atoms with van der Waals surface area (Å²) in [6.07, 6.45) is 0. The number of hydrogen-bond acceptors (Lipinski definition) is 9. The van der Waals surface area contributed by atoms with Gasteiger partial charge in [0.1, 0.15) is 28.2 Å². The lowest BCUT2D eigenvalue weighted by Crippen LogP contribution is -2.16. The molecule has 4 rings (SSSR count). The first-order valence-electron chi connectivity index (χ1n) is 8.81. The van der Waals surface area contributed by atoms with Crippen LogP contribution in [0.3, 0.4) is 0 Å². The predicted octanol–water partition coefficient (Wildman–Crippen LogP) is 3.21. The fourth-order valence-electron chi connectivity index (χ4n) is 2.96. The molecule has 0 amide bonds. The van der Waals surface area contributed by atoms with E-state index < -0.39 is 34.4 Å². The Bertz CT molecular complexity index is 1390. The Labute approximate surface area is 173 Å². The number of fused-ring (bicyclic) bond motifs is 1. The van der Waals surface area contributed by atoms with Crippen molar-refractivity contribution in [3.63, 3.8) is 0 Å². The molecule has 0 atom stereocenters. The first kappa shape index (κ1) is 19.6. The van der Waals surface area contributed by atoms with Crippen LogP contribution in [-0.4, -0.2) is 31.5 Å². The second kappa shape index (κ2) is 7.30. The topological polar surface area (TPSA) is 158 Å². The number of hydrogen-bond donors (Lipinski definition) is 5. The van der Waals surface area contributed by atoms with Gasteiger partial charge < -0.3 is 34.7 Å². The molecular formula is C22H14O9. The number of aromatic hydroxyl groups is 5. The van der Waals surface area contributed by atoms with Gasteiger partial charge in [-0.05, 0) is 42.5 Å². The Hall–Kier alpha value is -4.66. The van der Waals surface area contributed by atoms with Crippen LogP contribution in [-0.2, 0) is 0 Å². The minimum absolute atomic E-state index is 0.0201. The Morgan fingerprint density at radius 2 is 1.48 bits per heavy atom. The van der Waals surface area contributed by atoms with E-state index in [9.17, 15) is 35.1 Å². The quantitative estimate of drug-likeness (QED) is 0.247. The van der Waals surface area contributed by atoms with E-state index in [0.717, 1.165) is 24.3 Å². The minimum atomic E-state index is -0.950. The van der Waals surface area contributed by atoms with Crippen LogP contribution in [0.2, 0.25) is 0 Å². The Balaban J connectivity index is 1.95. The number of carbonyl (C=O) groups excluding carboxylic acids is 1. The van der Waals surface area contributed by atoms with Crippen molar-refractivity contribution < 1.29 is 39.5 Å². The molecule has 0 spiro atoms. The molecule has 0 aliphatic heterocycles. The van der Waals surface area contributed by atoms with Crippen molar-refractivity contribution in [2.45, 2.75) is 0 Å². The maximum absolute atomic E-state index is 13.1. The largest absolute Gasteiger partial charge is 0.508 e. The maximum Gasteiger partial charge on any atom is 0.343 e. The summed E-state index contributed by atoms with van der Waals surface area (Å²) in [5.41, 5.74) is -1.01. The zero-order valence-corrected chi connectivity index (χ0v) is 15.6. The summed E-state index contributed by atoms with van der Waals surface area (Å²) in [7, 11) is 0. The number of carbonyl (C=O) groups is 1. The lowest BCUT2D eigenvalue weighted by atomic mass is 10.1. The van der Waals surface area contributed by atoms with Gasteiger partial charge in [-0.1, -0.05) is 0 Å². The minimum Gasteiger partial charge on any atom is -0.508 e. The van der Waals surface area contributed by atoms with E-state index in [1.165, 1.54) is 30.3 Å². The number of ether oxygens (including phenoxy) is 1. The zero-order chi connectivity index (χ0) is 22.3. The molecule has 0 bridgehead atoms. The monoisotopic (exact) mass is 422 g/mol. The lowest BCUT2D eigenvalue weighted by molar-refractivity contribution is 0.0731. The van der Waals surface area contributed by atoms with Gasteiger partial charge in [-0.25, -0.2) is 4.79 Å². The van der Waals surface area contributed by atoms with Gasteiger partial charge in [0.25, 0.3) is 0 Å². The fraction of sp³-hybridized carbons (Fsp3) is 0. The molecule has 0 unspecified atom stereocenters. The Morgan fingerprint density at radius 3 is 2.16 bits per heavy atom. The second-order valence-corrected chi connectivity index (χ2v) is 6.57. The number of phenols is 5. The molecule has 156 valence electrons. The molecule has 9 nitrogen and oxygen atoms in total. The average Bonchev–Trinajstić information content (AvgIpc) is 2.71. The summed E-state index contributed by atoms with van der Waals surface area (Å²) in [6, 6.07) is 10.6. The van der Waals surface area contributed by atoms with E-state index in [0.29, 0.717) is 0 Å². The van der Waals surface area contributed by atoms with E-state index in [1.54, 1.807) is 0 Å². The van der Waals surface area contributed by atoms with Crippen LogP contribution in [0.15, 0.2) is 63.8 Å². The summed E-state index contributed by atoms with van der Waals surface area (Å²) in [6.45, 7) is 0. The highest BCUT2D eigenvalue weighted by atomic mass is 16.5. The highest BCUT2D eigenvalue weighted by Gasteiger charge is 2.24. The number of benzene rings is 3. The van der Waals surface area contributed by atoms with Crippen LogP contribution >= 0.6 is 0 Å². The van der Waals surface area contributed by atoms with Gasteiger partial charge in [0.05, 0.1) is 5.56 Å². The molecule has 3 aromatic carbocycles. The van der Waals surface area contributed by atoms with Gasteiger partial charge in [0.15, 0.2) is 17.3 Å². The van der Waals surface area contributed by atoms with Crippen LogP contribution in [0, 0.1) is 0 Å². The van der Waals surface area contributed by atoms with Crippen molar-refractivity contribution in [3.05, 3.63) is 70.4 Å². The van der Waals surface area contributed by atoms with E-state index in [2.05, 4.69) is 0 Å². The van der Waals surface area contributed by atoms with Gasteiger partial charge in [-0.3, -0.25) is 4.79 Å². The molecule has 0 aliphatic rings. The smallest absolute Gasteiger partial charge is 0.343 e. The van der Waals surface area contributed by atoms with Crippen molar-refractivity contribution in [2.75, 3.05) is 0 Å². The van der Waals surface area contributed by atoms with Gasteiger partial charge in [0.2, 0.25) is 11.2 Å². The molecule has 0 radical (unpaired) electrons. The summed E-state index contributed by atoms with van der Waals surface area (Å²) >= 11 is 0. The summed E-state index contributed by atoms with van der Waals surface area (Å²) < 4.78 is 10.9. The molecule has 5 N–H and O–H groups in total. The molecular weight excluding hydrogens is 408 g/mol. The molecule has 0 aliphatic carbocycles. The third-order valence-corrected chi connectivity index (χ3v) is 4.45. The van der Waals surface area contributed by atoms with Gasteiger partial charge in [0, 0.05) is 17.7 Å². The first-order chi connectivity index (χ1) is 14.7. The van der Waals surface area contributed by atoms with Crippen LogP contribution in [0.5, 0.6) is 34.5 Å². The number of rotatable bonds is 3. The third-order valence-electron chi connectivity index (χ3n) is 4.45. The standard InChI is InChI=1S/C22H14O9/c23-12-4-1-10(2-5-12)22(29)31-21-19(28)18-16(27)8-13(24)9-17(18)30-20(21)11-3-6-14(25)15(26)7-11/h1-9,23-27H. The number of phenolic OH excluding ortho intramolecular Hbond substituents is 5. The number of esters is 1. The molecule has 0 saturated carbocycles. The van der Waals surface area contributed by atoms with Crippen LogP contribution < -0.4 is 10.2 Å². The van der Waals surface area contributed by atoms with Crippen molar-refractivity contribution in [3.8, 4) is 45.8 Å². The van der Waals surface area contributed by atoms with Crippen LogP contribution in [0.4, 0.5) is 0 Å². The molecule has 1 aromatic heterocycles. The first-order valence-corrected chi connectivity index (χ1v) is 8.81. The van der Waals surface area contributed by atoms with Crippen LogP contribution in [0.1, 0.15) is 10.4 Å². The third kappa shape index (κ3) is 3.55. The summed E-state index contributed by atoms with van der Waals surface area (Å²) in [4.78, 5) is 25.7. The SMILES string of the molecule is O=C(Oc1c(-c2ccc(O)c(O)c2)oc2cc(O)cc(O)c2c1=O)c1ccc(O)cc1. The average molecular weight is 422 g/mol. The van der Waals surface area contributed by atoms with Crippen molar-refractivity contribution >= 4 is 16.9 Å². The normalized spacial score (nSPS) is 10.8. The molecule has 1 heterocycles. The van der Waals surface area contributed by atoms with Crippen molar-refractivity contribution in [1.82, 2.24) is 0 Å².